The van der Waals surface area contributed by atoms with Gasteiger partial charge in [0.25, 0.3) is 0 Å². The first kappa shape index (κ1) is 18.1. The number of hydrogen-bond donors (Lipinski definition) is 1. The molecule has 0 bridgehead atoms. The number of fused-ring (bicyclic) bond motifs is 1. The topological polar surface area (TPSA) is 41.6 Å². The van der Waals surface area contributed by atoms with Crippen molar-refractivity contribution >= 4 is 11.6 Å². The summed E-state index contributed by atoms with van der Waals surface area (Å²) in [7, 11) is 0. The van der Waals surface area contributed by atoms with Gasteiger partial charge in [0.05, 0.1) is 6.61 Å². The van der Waals surface area contributed by atoms with Gasteiger partial charge in [-0.3, -0.25) is 4.79 Å². The third-order valence-electron chi connectivity index (χ3n) is 5.64. The molecule has 4 heteroatoms. The Balaban J connectivity index is 1.34. The zero-order chi connectivity index (χ0) is 18.5. The van der Waals surface area contributed by atoms with Crippen LogP contribution < -0.4 is 10.1 Å². The number of amides is 1. The number of carbonyl (C=O) groups excluding carboxylic acids is 1. The number of ether oxygens (including phenoxy) is 1. The second kappa shape index (κ2) is 8.57. The zero-order valence-electron chi connectivity index (χ0n) is 15.8. The molecule has 1 fully saturated rings. The maximum absolute atomic E-state index is 12.6. The van der Waals surface area contributed by atoms with Crippen molar-refractivity contribution < 1.29 is 9.53 Å². The molecule has 2 aromatic rings. The normalized spacial score (nSPS) is 19.3. The summed E-state index contributed by atoms with van der Waals surface area (Å²) >= 11 is 0. The molecule has 2 aliphatic heterocycles. The summed E-state index contributed by atoms with van der Waals surface area (Å²) in [6, 6.07) is 16.4. The van der Waals surface area contributed by atoms with Crippen LogP contribution in [-0.4, -0.2) is 37.0 Å². The molecule has 2 heterocycles. The molecule has 0 radical (unpaired) electrons. The SMILES string of the molecule is O=C(CC1CCOc2ccccc21)Nc1cccc(CCN2CCCC2)c1. The van der Waals surface area contributed by atoms with E-state index in [0.29, 0.717) is 13.0 Å². The highest BCUT2D eigenvalue weighted by Gasteiger charge is 2.23. The Morgan fingerprint density at radius 3 is 2.85 bits per heavy atom. The van der Waals surface area contributed by atoms with Gasteiger partial charge in [-0.1, -0.05) is 30.3 Å². The zero-order valence-corrected chi connectivity index (χ0v) is 15.8. The smallest absolute Gasteiger partial charge is 0.224 e. The van der Waals surface area contributed by atoms with E-state index in [0.717, 1.165) is 36.4 Å². The van der Waals surface area contributed by atoms with Gasteiger partial charge in [0, 0.05) is 18.7 Å². The molecule has 0 spiro atoms. The quantitative estimate of drug-likeness (QED) is 0.834. The summed E-state index contributed by atoms with van der Waals surface area (Å²) in [5, 5.41) is 3.10. The van der Waals surface area contributed by atoms with Crippen molar-refractivity contribution in [1.82, 2.24) is 4.90 Å². The summed E-state index contributed by atoms with van der Waals surface area (Å²) in [5.74, 6) is 1.23. The number of carbonyl (C=O) groups is 1. The lowest BCUT2D eigenvalue weighted by Crippen LogP contribution is -2.22. The molecule has 27 heavy (non-hydrogen) atoms. The van der Waals surface area contributed by atoms with Crippen molar-refractivity contribution in [2.24, 2.45) is 0 Å². The molecular weight excluding hydrogens is 336 g/mol. The minimum absolute atomic E-state index is 0.0772. The van der Waals surface area contributed by atoms with Crippen molar-refractivity contribution in [3.63, 3.8) is 0 Å². The van der Waals surface area contributed by atoms with E-state index in [1.165, 1.54) is 31.5 Å². The lowest BCUT2D eigenvalue weighted by Gasteiger charge is -2.25. The monoisotopic (exact) mass is 364 g/mol. The van der Waals surface area contributed by atoms with Crippen molar-refractivity contribution in [3.05, 3.63) is 59.7 Å². The molecule has 4 rings (SSSR count). The lowest BCUT2D eigenvalue weighted by atomic mass is 9.90. The minimum atomic E-state index is 0.0772. The Morgan fingerprint density at radius 2 is 1.96 bits per heavy atom. The van der Waals surface area contributed by atoms with Crippen LogP contribution in [0.4, 0.5) is 5.69 Å². The first-order chi connectivity index (χ1) is 13.3. The highest BCUT2D eigenvalue weighted by molar-refractivity contribution is 5.91. The highest BCUT2D eigenvalue weighted by atomic mass is 16.5. The Bertz CT molecular complexity index is 783. The van der Waals surface area contributed by atoms with Crippen LogP contribution in [0, 0.1) is 0 Å². The average molecular weight is 364 g/mol. The van der Waals surface area contributed by atoms with Crippen molar-refractivity contribution in [1.29, 1.82) is 0 Å². The molecule has 1 unspecified atom stereocenters. The highest BCUT2D eigenvalue weighted by Crippen LogP contribution is 2.35. The Morgan fingerprint density at radius 1 is 1.11 bits per heavy atom. The second-order valence-electron chi connectivity index (χ2n) is 7.62. The average Bonchev–Trinajstić information content (AvgIpc) is 3.21. The Hall–Kier alpha value is -2.33. The largest absolute Gasteiger partial charge is 0.493 e. The number of hydrogen-bond acceptors (Lipinski definition) is 3. The van der Waals surface area contributed by atoms with Crippen LogP contribution in [0.5, 0.6) is 5.75 Å². The number of anilines is 1. The molecule has 0 aromatic heterocycles. The number of nitrogens with one attached hydrogen (secondary N) is 1. The van der Waals surface area contributed by atoms with Gasteiger partial charge in [-0.25, -0.2) is 0 Å². The van der Waals surface area contributed by atoms with Crippen LogP contribution in [-0.2, 0) is 11.2 Å². The first-order valence-electron chi connectivity index (χ1n) is 10.1. The van der Waals surface area contributed by atoms with E-state index in [1.54, 1.807) is 0 Å². The predicted octanol–water partition coefficient (Wildman–Crippen LogP) is 4.22. The molecular formula is C23H28N2O2. The Kier molecular flexibility index (Phi) is 5.73. The van der Waals surface area contributed by atoms with Gasteiger partial charge < -0.3 is 15.0 Å². The van der Waals surface area contributed by atoms with Crippen molar-refractivity contribution in [2.45, 2.75) is 38.0 Å². The summed E-state index contributed by atoms with van der Waals surface area (Å²) in [6.45, 7) is 4.24. The van der Waals surface area contributed by atoms with Crippen LogP contribution in [0.3, 0.4) is 0 Å². The fourth-order valence-corrected chi connectivity index (χ4v) is 4.16. The van der Waals surface area contributed by atoms with Gasteiger partial charge >= 0.3 is 0 Å². The summed E-state index contributed by atoms with van der Waals surface area (Å²) in [5.41, 5.74) is 3.34. The van der Waals surface area contributed by atoms with E-state index in [-0.39, 0.29) is 11.8 Å². The molecule has 0 aliphatic carbocycles. The fraction of sp³-hybridized carbons (Fsp3) is 0.435. The van der Waals surface area contributed by atoms with Gasteiger partial charge in [-0.15, -0.1) is 0 Å². The van der Waals surface area contributed by atoms with Crippen LogP contribution >= 0.6 is 0 Å². The molecule has 1 amide bonds. The molecule has 2 aromatic carbocycles. The van der Waals surface area contributed by atoms with Crippen molar-refractivity contribution in [2.75, 3.05) is 31.6 Å². The van der Waals surface area contributed by atoms with Crippen molar-refractivity contribution in [3.8, 4) is 5.75 Å². The number of para-hydroxylation sites is 1. The fourth-order valence-electron chi connectivity index (χ4n) is 4.16. The van der Waals surface area contributed by atoms with Crippen LogP contribution in [0.2, 0.25) is 0 Å². The molecule has 2 aliphatic rings. The van der Waals surface area contributed by atoms with E-state index in [4.69, 9.17) is 4.74 Å². The molecule has 4 nitrogen and oxygen atoms in total. The molecule has 1 N–H and O–H groups in total. The maximum atomic E-state index is 12.6. The molecule has 0 saturated carbocycles. The third kappa shape index (κ3) is 4.69. The molecule has 142 valence electrons. The van der Waals surface area contributed by atoms with Gasteiger partial charge in [0.2, 0.25) is 5.91 Å². The van der Waals surface area contributed by atoms with E-state index < -0.39 is 0 Å². The third-order valence-corrected chi connectivity index (χ3v) is 5.64. The van der Waals surface area contributed by atoms with Crippen LogP contribution in [0.25, 0.3) is 0 Å². The molecule has 1 atom stereocenters. The maximum Gasteiger partial charge on any atom is 0.224 e. The number of nitrogens with zero attached hydrogens (tertiary/aromatic N) is 1. The standard InChI is InChI=1S/C23H28N2O2/c26-23(17-19-11-15-27-22-9-2-1-8-21(19)22)24-20-7-5-6-18(16-20)10-14-25-12-3-4-13-25/h1-2,5-9,16,19H,3-4,10-15,17H2,(H,24,26). The number of rotatable bonds is 6. The Labute approximate surface area is 161 Å². The van der Waals surface area contributed by atoms with E-state index >= 15 is 0 Å². The summed E-state index contributed by atoms with van der Waals surface area (Å²) < 4.78 is 5.70. The van der Waals surface area contributed by atoms with E-state index in [2.05, 4.69) is 28.4 Å². The first-order valence-corrected chi connectivity index (χ1v) is 10.1. The summed E-state index contributed by atoms with van der Waals surface area (Å²) in [6.07, 6.45) is 5.08. The van der Waals surface area contributed by atoms with Gasteiger partial charge in [0.1, 0.15) is 5.75 Å². The second-order valence-corrected chi connectivity index (χ2v) is 7.62. The predicted molar refractivity (Wildman–Crippen MR) is 108 cm³/mol. The van der Waals surface area contributed by atoms with E-state index in [1.807, 2.05) is 30.3 Å². The van der Waals surface area contributed by atoms with Gasteiger partial charge in [-0.05, 0) is 74.0 Å². The number of benzene rings is 2. The number of likely N-dealkylation sites (tertiary alicyclic amines) is 1. The van der Waals surface area contributed by atoms with E-state index in [9.17, 15) is 4.79 Å². The molecule has 1 saturated heterocycles. The van der Waals surface area contributed by atoms with Gasteiger partial charge in [0.15, 0.2) is 0 Å². The lowest BCUT2D eigenvalue weighted by molar-refractivity contribution is -0.116. The minimum Gasteiger partial charge on any atom is -0.493 e. The summed E-state index contributed by atoms with van der Waals surface area (Å²) in [4.78, 5) is 15.1. The van der Waals surface area contributed by atoms with Crippen LogP contribution in [0.1, 0.15) is 42.7 Å². The van der Waals surface area contributed by atoms with Gasteiger partial charge in [-0.2, -0.15) is 0 Å². The van der Waals surface area contributed by atoms with Crippen LogP contribution in [0.15, 0.2) is 48.5 Å².